The van der Waals surface area contributed by atoms with Crippen LogP contribution in [-0.2, 0) is 11.2 Å². The van der Waals surface area contributed by atoms with Crippen LogP contribution in [0.2, 0.25) is 0 Å². The maximum atomic E-state index is 5.91. The van der Waals surface area contributed by atoms with Crippen LogP contribution in [0.1, 0.15) is 49.5 Å². The van der Waals surface area contributed by atoms with Crippen LogP contribution < -0.4 is 5.73 Å². The molecule has 1 saturated heterocycles. The van der Waals surface area contributed by atoms with Gasteiger partial charge in [-0.25, -0.2) is 9.97 Å². The Morgan fingerprint density at radius 1 is 1.29 bits per heavy atom. The van der Waals surface area contributed by atoms with Gasteiger partial charge in [0, 0.05) is 18.9 Å². The van der Waals surface area contributed by atoms with E-state index in [0.717, 1.165) is 36.7 Å². The maximum Gasteiger partial charge on any atom is 0.131 e. The van der Waals surface area contributed by atoms with Gasteiger partial charge in [-0.3, -0.25) is 0 Å². The average molecular weight is 233 g/mol. The second-order valence-corrected chi connectivity index (χ2v) is 5.09. The Bertz CT molecular complexity index is 398. The smallest absolute Gasteiger partial charge is 0.131 e. The van der Waals surface area contributed by atoms with Crippen molar-refractivity contribution < 1.29 is 4.74 Å². The molecule has 0 bridgehead atoms. The van der Waals surface area contributed by atoms with E-state index in [0.29, 0.717) is 12.0 Å². The van der Waals surface area contributed by atoms with Gasteiger partial charge in [-0.1, -0.05) is 0 Å². The SMILES string of the molecule is Nc1cnc(CC2CCCCO2)nc1C1CC1. The molecule has 4 nitrogen and oxygen atoms in total. The third-order valence-electron chi connectivity index (χ3n) is 3.55. The zero-order chi connectivity index (χ0) is 11.7. The summed E-state index contributed by atoms with van der Waals surface area (Å²) in [6.45, 7) is 0.884. The molecule has 2 aliphatic rings. The van der Waals surface area contributed by atoms with Crippen molar-refractivity contribution in [3.63, 3.8) is 0 Å². The van der Waals surface area contributed by atoms with Crippen molar-refractivity contribution in [3.8, 4) is 0 Å². The molecule has 1 unspecified atom stereocenters. The van der Waals surface area contributed by atoms with E-state index in [-0.39, 0.29) is 0 Å². The highest BCUT2D eigenvalue weighted by Crippen LogP contribution is 2.41. The Balaban J connectivity index is 1.71. The first kappa shape index (κ1) is 11.0. The molecule has 0 amide bonds. The zero-order valence-corrected chi connectivity index (χ0v) is 10.1. The van der Waals surface area contributed by atoms with Crippen LogP contribution in [0.25, 0.3) is 0 Å². The summed E-state index contributed by atoms with van der Waals surface area (Å²) in [5, 5.41) is 0. The standard InChI is InChI=1S/C13H19N3O/c14-11-8-15-12(16-13(11)9-4-5-9)7-10-3-1-2-6-17-10/h8-10H,1-7,14H2. The fraction of sp³-hybridized carbons (Fsp3) is 0.692. The molecule has 4 heteroatoms. The van der Waals surface area contributed by atoms with E-state index in [2.05, 4.69) is 9.97 Å². The molecule has 0 aromatic carbocycles. The van der Waals surface area contributed by atoms with Crippen LogP contribution in [-0.4, -0.2) is 22.7 Å². The molecule has 1 aromatic rings. The molecule has 92 valence electrons. The second kappa shape index (κ2) is 4.61. The first-order chi connectivity index (χ1) is 8.33. The lowest BCUT2D eigenvalue weighted by atomic mass is 10.1. The lowest BCUT2D eigenvalue weighted by Crippen LogP contribution is -2.22. The molecule has 1 atom stereocenters. The molecule has 1 aliphatic heterocycles. The van der Waals surface area contributed by atoms with E-state index in [9.17, 15) is 0 Å². The van der Waals surface area contributed by atoms with Gasteiger partial charge < -0.3 is 10.5 Å². The van der Waals surface area contributed by atoms with Crippen LogP contribution in [0.4, 0.5) is 5.69 Å². The Kier molecular flexibility index (Phi) is 2.97. The van der Waals surface area contributed by atoms with Gasteiger partial charge in [0.25, 0.3) is 0 Å². The van der Waals surface area contributed by atoms with Gasteiger partial charge in [0.05, 0.1) is 23.7 Å². The first-order valence-corrected chi connectivity index (χ1v) is 6.56. The van der Waals surface area contributed by atoms with Crippen molar-refractivity contribution in [2.45, 2.75) is 50.5 Å². The van der Waals surface area contributed by atoms with Gasteiger partial charge in [-0.2, -0.15) is 0 Å². The van der Waals surface area contributed by atoms with Gasteiger partial charge >= 0.3 is 0 Å². The third-order valence-corrected chi connectivity index (χ3v) is 3.55. The van der Waals surface area contributed by atoms with E-state index in [1.54, 1.807) is 6.20 Å². The number of nitrogen functional groups attached to an aromatic ring is 1. The lowest BCUT2D eigenvalue weighted by molar-refractivity contribution is 0.0156. The minimum atomic E-state index is 0.305. The summed E-state index contributed by atoms with van der Waals surface area (Å²) in [5.74, 6) is 1.48. The lowest BCUT2D eigenvalue weighted by Gasteiger charge is -2.22. The molecule has 2 N–H and O–H groups in total. The summed E-state index contributed by atoms with van der Waals surface area (Å²) in [6, 6.07) is 0. The van der Waals surface area contributed by atoms with Gasteiger partial charge in [-0.05, 0) is 32.1 Å². The fourth-order valence-corrected chi connectivity index (χ4v) is 2.40. The highest BCUT2D eigenvalue weighted by atomic mass is 16.5. The molecular formula is C13H19N3O. The number of ether oxygens (including phenoxy) is 1. The molecule has 0 spiro atoms. The van der Waals surface area contributed by atoms with E-state index in [1.165, 1.54) is 25.7 Å². The van der Waals surface area contributed by atoms with Crippen molar-refractivity contribution >= 4 is 5.69 Å². The number of rotatable bonds is 3. The summed E-state index contributed by atoms with van der Waals surface area (Å²) in [5.41, 5.74) is 7.72. The number of aromatic nitrogens is 2. The maximum absolute atomic E-state index is 5.91. The van der Waals surface area contributed by atoms with Gasteiger partial charge in [0.2, 0.25) is 0 Å². The molecule has 3 rings (SSSR count). The summed E-state index contributed by atoms with van der Waals surface area (Å²) in [7, 11) is 0. The topological polar surface area (TPSA) is 61.0 Å². The van der Waals surface area contributed by atoms with Crippen LogP contribution in [0, 0.1) is 0 Å². The fourth-order valence-electron chi connectivity index (χ4n) is 2.40. The number of hydrogen-bond donors (Lipinski definition) is 1. The zero-order valence-electron chi connectivity index (χ0n) is 10.1. The van der Waals surface area contributed by atoms with Crippen molar-refractivity contribution in [2.75, 3.05) is 12.3 Å². The number of hydrogen-bond acceptors (Lipinski definition) is 4. The van der Waals surface area contributed by atoms with Crippen molar-refractivity contribution in [3.05, 3.63) is 17.7 Å². The van der Waals surface area contributed by atoms with E-state index < -0.39 is 0 Å². The summed E-state index contributed by atoms with van der Waals surface area (Å²) >= 11 is 0. The molecule has 2 heterocycles. The van der Waals surface area contributed by atoms with Crippen LogP contribution in [0.3, 0.4) is 0 Å². The Hall–Kier alpha value is -1.16. The average Bonchev–Trinajstić information content (AvgIpc) is 3.17. The molecule has 17 heavy (non-hydrogen) atoms. The molecular weight excluding hydrogens is 214 g/mol. The Morgan fingerprint density at radius 3 is 2.88 bits per heavy atom. The third kappa shape index (κ3) is 2.57. The predicted molar refractivity (Wildman–Crippen MR) is 65.7 cm³/mol. The summed E-state index contributed by atoms with van der Waals surface area (Å²) in [4.78, 5) is 8.94. The van der Waals surface area contributed by atoms with E-state index in [1.807, 2.05) is 0 Å². The van der Waals surface area contributed by atoms with Crippen molar-refractivity contribution in [1.29, 1.82) is 0 Å². The molecule has 1 aromatic heterocycles. The van der Waals surface area contributed by atoms with Crippen LogP contribution in [0.5, 0.6) is 0 Å². The largest absolute Gasteiger partial charge is 0.396 e. The van der Waals surface area contributed by atoms with Crippen LogP contribution >= 0.6 is 0 Å². The second-order valence-electron chi connectivity index (χ2n) is 5.09. The summed E-state index contributed by atoms with van der Waals surface area (Å²) < 4.78 is 5.72. The number of nitrogens with two attached hydrogens (primary N) is 1. The minimum Gasteiger partial charge on any atom is -0.396 e. The number of nitrogens with zero attached hydrogens (tertiary/aromatic N) is 2. The van der Waals surface area contributed by atoms with Crippen molar-refractivity contribution in [2.24, 2.45) is 0 Å². The van der Waals surface area contributed by atoms with Crippen molar-refractivity contribution in [1.82, 2.24) is 9.97 Å². The van der Waals surface area contributed by atoms with Gasteiger partial charge in [0.15, 0.2) is 0 Å². The molecule has 1 aliphatic carbocycles. The highest BCUT2D eigenvalue weighted by molar-refractivity contribution is 5.44. The van der Waals surface area contributed by atoms with E-state index >= 15 is 0 Å². The quantitative estimate of drug-likeness (QED) is 0.868. The van der Waals surface area contributed by atoms with E-state index in [4.69, 9.17) is 10.5 Å². The van der Waals surface area contributed by atoms with Gasteiger partial charge in [0.1, 0.15) is 5.82 Å². The van der Waals surface area contributed by atoms with Gasteiger partial charge in [-0.15, -0.1) is 0 Å². The van der Waals surface area contributed by atoms with Crippen LogP contribution in [0.15, 0.2) is 6.20 Å². The minimum absolute atomic E-state index is 0.305. The normalized spacial score (nSPS) is 24.8. The predicted octanol–water partition coefficient (Wildman–Crippen LogP) is 2.05. The summed E-state index contributed by atoms with van der Waals surface area (Å²) in [6.07, 6.45) is 8.92. The molecule has 0 radical (unpaired) electrons. The highest BCUT2D eigenvalue weighted by Gasteiger charge is 2.28. The first-order valence-electron chi connectivity index (χ1n) is 6.56. The molecule has 1 saturated carbocycles. The molecule has 2 fully saturated rings. The Morgan fingerprint density at radius 2 is 2.18 bits per heavy atom. The Labute approximate surface area is 102 Å². The number of anilines is 1. The monoisotopic (exact) mass is 233 g/mol.